The van der Waals surface area contributed by atoms with E-state index < -0.39 is 23.4 Å². The standard InChI is InChI=1S/C31H40N10O5/c1-30(2,3)44-28(42)34-27(35-29(43)45-31(4,5)6)41-14-8-9-23(41)15-25-33-26(37-46-25)21-12-10-20(11-13-21)17-40-19-24(36-38-40)22-16-32-39(7)18-22/h10-13,16,18-19,23H,8-9,14-15,17H2,1-7H3,(H,34,35,42,43)/t23-/m0/s1. The molecule has 4 heterocycles. The number of ether oxygens (including phenoxy) is 2. The number of nitrogens with one attached hydrogen (secondary N) is 1. The minimum atomic E-state index is -0.814. The number of benzene rings is 1. The minimum Gasteiger partial charge on any atom is -0.444 e. The van der Waals surface area contributed by atoms with Gasteiger partial charge in [0, 0.05) is 43.4 Å². The monoisotopic (exact) mass is 632 g/mol. The van der Waals surface area contributed by atoms with Crippen molar-refractivity contribution in [3.63, 3.8) is 0 Å². The van der Waals surface area contributed by atoms with Gasteiger partial charge in [0.15, 0.2) is 0 Å². The van der Waals surface area contributed by atoms with Crippen LogP contribution < -0.4 is 5.32 Å². The molecular weight excluding hydrogens is 592 g/mol. The summed E-state index contributed by atoms with van der Waals surface area (Å²) in [5, 5.41) is 19.5. The van der Waals surface area contributed by atoms with Crippen LogP contribution in [0.2, 0.25) is 0 Å². The SMILES string of the molecule is Cn1cc(-c2cn(Cc3ccc(-c4noc(C[C@@H]5CCCN5C(=NC(=O)OC(C)(C)C)NC(=O)OC(C)(C)C)n4)cc3)nn2)cn1. The van der Waals surface area contributed by atoms with E-state index in [0.29, 0.717) is 31.2 Å². The van der Waals surface area contributed by atoms with Crippen LogP contribution in [0.4, 0.5) is 9.59 Å². The fourth-order valence-corrected chi connectivity index (χ4v) is 4.92. The van der Waals surface area contributed by atoms with Crippen LogP contribution in [0.15, 0.2) is 52.4 Å². The summed E-state index contributed by atoms with van der Waals surface area (Å²) in [5.74, 6) is 0.942. The molecule has 15 nitrogen and oxygen atoms in total. The van der Waals surface area contributed by atoms with Crippen LogP contribution in [-0.2, 0) is 29.5 Å². The molecule has 1 fully saturated rings. The van der Waals surface area contributed by atoms with E-state index in [2.05, 4.69) is 35.9 Å². The number of aliphatic imine (C=N–C) groups is 1. The summed E-state index contributed by atoms with van der Waals surface area (Å²) in [6.45, 7) is 11.6. The Kier molecular flexibility index (Phi) is 9.21. The lowest BCUT2D eigenvalue weighted by Gasteiger charge is -2.28. The summed E-state index contributed by atoms with van der Waals surface area (Å²) in [5.41, 5.74) is 2.02. The summed E-state index contributed by atoms with van der Waals surface area (Å²) in [4.78, 5) is 35.9. The van der Waals surface area contributed by atoms with Crippen LogP contribution in [0, 0.1) is 0 Å². The second-order valence-corrected chi connectivity index (χ2v) is 13.1. The number of rotatable bonds is 6. The maximum absolute atomic E-state index is 12.7. The van der Waals surface area contributed by atoms with Gasteiger partial charge in [0.25, 0.3) is 0 Å². The first-order chi connectivity index (χ1) is 21.7. The first-order valence-corrected chi connectivity index (χ1v) is 15.1. The molecule has 46 heavy (non-hydrogen) atoms. The van der Waals surface area contributed by atoms with Gasteiger partial charge >= 0.3 is 12.2 Å². The van der Waals surface area contributed by atoms with E-state index in [0.717, 1.165) is 35.2 Å². The summed E-state index contributed by atoms with van der Waals surface area (Å²) in [7, 11) is 1.86. The average Bonchev–Trinajstić information content (AvgIpc) is 3.75. The summed E-state index contributed by atoms with van der Waals surface area (Å²) in [6.07, 6.45) is 5.96. The minimum absolute atomic E-state index is 0.0567. The molecule has 0 aliphatic carbocycles. The summed E-state index contributed by atoms with van der Waals surface area (Å²) in [6, 6.07) is 7.67. The van der Waals surface area contributed by atoms with Gasteiger partial charge in [-0.05, 0) is 59.9 Å². The Hall–Kier alpha value is -5.08. The van der Waals surface area contributed by atoms with E-state index in [4.69, 9.17) is 14.0 Å². The predicted octanol–water partition coefficient (Wildman–Crippen LogP) is 4.60. The fourth-order valence-electron chi connectivity index (χ4n) is 4.92. The van der Waals surface area contributed by atoms with Crippen molar-refractivity contribution in [3.8, 4) is 22.6 Å². The Balaban J connectivity index is 1.25. The molecule has 2 amide bonds. The molecule has 1 aliphatic heterocycles. The predicted molar refractivity (Wildman–Crippen MR) is 168 cm³/mol. The highest BCUT2D eigenvalue weighted by Crippen LogP contribution is 2.24. The molecule has 0 bridgehead atoms. The van der Waals surface area contributed by atoms with Crippen molar-refractivity contribution in [2.45, 2.75) is 84.6 Å². The molecule has 1 N–H and O–H groups in total. The fraction of sp³-hybridized carbons (Fsp3) is 0.484. The summed E-state index contributed by atoms with van der Waals surface area (Å²) >= 11 is 0. The molecule has 1 aliphatic rings. The number of hydrogen-bond donors (Lipinski definition) is 1. The third kappa shape index (κ3) is 8.76. The zero-order valence-electron chi connectivity index (χ0n) is 27.2. The van der Waals surface area contributed by atoms with Gasteiger partial charge in [0.1, 0.15) is 16.9 Å². The molecule has 1 saturated heterocycles. The molecule has 1 aromatic carbocycles. The number of nitrogens with zero attached hydrogens (tertiary/aromatic N) is 9. The van der Waals surface area contributed by atoms with Crippen LogP contribution in [-0.4, -0.2) is 81.7 Å². The maximum atomic E-state index is 12.7. The molecule has 5 rings (SSSR count). The first kappa shape index (κ1) is 32.3. The van der Waals surface area contributed by atoms with E-state index in [1.165, 1.54) is 0 Å². The number of guanidine groups is 1. The number of likely N-dealkylation sites (tertiary alicyclic amines) is 1. The van der Waals surface area contributed by atoms with Crippen LogP contribution in [0.1, 0.15) is 65.8 Å². The lowest BCUT2D eigenvalue weighted by molar-refractivity contribution is 0.0554. The van der Waals surface area contributed by atoms with Crippen LogP contribution in [0.5, 0.6) is 0 Å². The van der Waals surface area contributed by atoms with Gasteiger partial charge in [0.05, 0.1) is 18.9 Å². The van der Waals surface area contributed by atoms with Crippen LogP contribution in [0.3, 0.4) is 0 Å². The molecule has 1 atom stereocenters. The number of hydrogen-bond acceptors (Lipinski definition) is 10. The number of amides is 2. The van der Waals surface area contributed by atoms with Gasteiger partial charge < -0.3 is 18.9 Å². The average molecular weight is 633 g/mol. The third-order valence-corrected chi connectivity index (χ3v) is 6.83. The highest BCUT2D eigenvalue weighted by atomic mass is 16.6. The number of aromatic nitrogens is 7. The highest BCUT2D eigenvalue weighted by Gasteiger charge is 2.32. The molecule has 0 spiro atoms. The molecule has 0 saturated carbocycles. The molecule has 0 unspecified atom stereocenters. The number of carbonyl (C=O) groups is 2. The smallest absolute Gasteiger partial charge is 0.437 e. The Labute approximate surface area is 267 Å². The van der Waals surface area contributed by atoms with Gasteiger partial charge in [-0.3, -0.25) is 10.00 Å². The van der Waals surface area contributed by atoms with Crippen LogP contribution >= 0.6 is 0 Å². The van der Waals surface area contributed by atoms with Crippen LogP contribution in [0.25, 0.3) is 22.6 Å². The van der Waals surface area contributed by atoms with Crippen molar-refractivity contribution in [3.05, 3.63) is 54.3 Å². The van der Waals surface area contributed by atoms with Gasteiger partial charge in [0.2, 0.25) is 17.7 Å². The molecule has 3 aromatic heterocycles. The van der Waals surface area contributed by atoms with Crippen molar-refractivity contribution < 1.29 is 23.6 Å². The normalized spacial score (nSPS) is 15.7. The van der Waals surface area contributed by atoms with Crippen molar-refractivity contribution in [2.75, 3.05) is 6.54 Å². The maximum Gasteiger partial charge on any atom is 0.437 e. The first-order valence-electron chi connectivity index (χ1n) is 15.1. The molecule has 15 heteroatoms. The summed E-state index contributed by atoms with van der Waals surface area (Å²) < 4.78 is 19.9. The van der Waals surface area contributed by atoms with Gasteiger partial charge in [-0.25, -0.2) is 14.3 Å². The van der Waals surface area contributed by atoms with Gasteiger partial charge in [-0.1, -0.05) is 34.6 Å². The number of carbonyl (C=O) groups excluding carboxylic acids is 2. The molecular formula is C31H40N10O5. The lowest BCUT2D eigenvalue weighted by atomic mass is 10.1. The highest BCUT2D eigenvalue weighted by molar-refractivity contribution is 5.99. The van der Waals surface area contributed by atoms with Crippen molar-refractivity contribution >= 4 is 18.1 Å². The third-order valence-electron chi connectivity index (χ3n) is 6.83. The van der Waals surface area contributed by atoms with Crippen molar-refractivity contribution in [1.82, 2.24) is 45.1 Å². The Morgan fingerprint density at radius 3 is 2.46 bits per heavy atom. The lowest BCUT2D eigenvalue weighted by Crippen LogP contribution is -2.49. The van der Waals surface area contributed by atoms with E-state index in [9.17, 15) is 9.59 Å². The van der Waals surface area contributed by atoms with E-state index in [1.807, 2.05) is 48.6 Å². The number of aryl methyl sites for hydroxylation is 1. The Morgan fingerprint density at radius 2 is 1.78 bits per heavy atom. The number of alkyl carbamates (subject to hydrolysis) is 1. The topological polar surface area (TPSA) is 168 Å². The largest absolute Gasteiger partial charge is 0.444 e. The molecule has 244 valence electrons. The second kappa shape index (κ2) is 13.1. The Morgan fingerprint density at radius 1 is 1.04 bits per heavy atom. The molecule has 0 radical (unpaired) electrons. The van der Waals surface area contributed by atoms with Crippen molar-refractivity contribution in [2.24, 2.45) is 12.0 Å². The molecule has 4 aromatic rings. The van der Waals surface area contributed by atoms with Gasteiger partial charge in [-0.2, -0.15) is 10.1 Å². The zero-order valence-corrected chi connectivity index (χ0v) is 27.2. The van der Waals surface area contributed by atoms with E-state index >= 15 is 0 Å². The van der Waals surface area contributed by atoms with E-state index in [1.54, 1.807) is 57.1 Å². The van der Waals surface area contributed by atoms with E-state index in [-0.39, 0.29) is 12.0 Å². The second-order valence-electron chi connectivity index (χ2n) is 13.1. The quantitative estimate of drug-likeness (QED) is 0.233. The van der Waals surface area contributed by atoms with Gasteiger partial charge in [-0.15, -0.1) is 10.1 Å². The van der Waals surface area contributed by atoms with Crippen molar-refractivity contribution in [1.29, 1.82) is 0 Å². The Bertz CT molecular complexity index is 1690. The zero-order chi connectivity index (χ0) is 33.1.